The minimum absolute atomic E-state index is 0.0258. The quantitative estimate of drug-likeness (QED) is 0.684. The number of nitrogens with one attached hydrogen (secondary N) is 1. The number of carbonyl (C=O) groups is 1. The van der Waals surface area contributed by atoms with E-state index in [1.165, 1.54) is 12.1 Å². The second kappa shape index (κ2) is 7.79. The van der Waals surface area contributed by atoms with E-state index in [4.69, 9.17) is 5.11 Å². The first-order chi connectivity index (χ1) is 8.18. The van der Waals surface area contributed by atoms with E-state index in [0.29, 0.717) is 0 Å². The lowest BCUT2D eigenvalue weighted by Crippen LogP contribution is -2.23. The van der Waals surface area contributed by atoms with Gasteiger partial charge in [-0.1, -0.05) is 18.6 Å². The first-order valence-electron chi connectivity index (χ1n) is 5.85. The molecule has 0 saturated carbocycles. The van der Waals surface area contributed by atoms with Crippen LogP contribution < -0.4 is 5.32 Å². The first-order valence-corrected chi connectivity index (χ1v) is 5.85. The highest BCUT2D eigenvalue weighted by Crippen LogP contribution is 2.07. The van der Waals surface area contributed by atoms with E-state index in [2.05, 4.69) is 5.32 Å². The molecule has 3 nitrogen and oxygen atoms in total. The summed E-state index contributed by atoms with van der Waals surface area (Å²) >= 11 is 0. The molecular weight excluding hydrogens is 221 g/mol. The van der Waals surface area contributed by atoms with Crippen molar-refractivity contribution in [2.75, 3.05) is 13.1 Å². The normalized spacial score (nSPS) is 10.4. The van der Waals surface area contributed by atoms with Gasteiger partial charge in [0.15, 0.2) is 0 Å². The molecule has 0 atom stereocenters. The Hall–Kier alpha value is -1.42. The molecule has 0 bridgehead atoms. The third kappa shape index (κ3) is 6.68. The summed E-state index contributed by atoms with van der Waals surface area (Å²) < 4.78 is 12.6. The van der Waals surface area contributed by atoms with Gasteiger partial charge in [0.2, 0.25) is 0 Å². The summed E-state index contributed by atoms with van der Waals surface area (Å²) in [6.07, 6.45) is 4.00. The van der Waals surface area contributed by atoms with Gasteiger partial charge in [-0.25, -0.2) is 4.39 Å². The van der Waals surface area contributed by atoms with Crippen LogP contribution in [-0.2, 0) is 11.2 Å². The van der Waals surface area contributed by atoms with Crippen LogP contribution in [0.1, 0.15) is 24.8 Å². The number of benzene rings is 1. The van der Waals surface area contributed by atoms with Crippen LogP contribution in [-0.4, -0.2) is 24.2 Å². The number of halogens is 1. The van der Waals surface area contributed by atoms with E-state index in [1.807, 2.05) is 0 Å². The van der Waals surface area contributed by atoms with Gasteiger partial charge >= 0.3 is 5.97 Å². The van der Waals surface area contributed by atoms with Crippen LogP contribution in [0.5, 0.6) is 0 Å². The Bertz CT molecular complexity index is 338. The zero-order valence-corrected chi connectivity index (χ0v) is 9.79. The first kappa shape index (κ1) is 13.6. The van der Waals surface area contributed by atoms with E-state index in [-0.39, 0.29) is 12.4 Å². The second-order valence-corrected chi connectivity index (χ2v) is 4.01. The van der Waals surface area contributed by atoms with Gasteiger partial charge in [-0.3, -0.25) is 4.79 Å². The average molecular weight is 239 g/mol. The number of aryl methyl sites for hydroxylation is 1. The highest BCUT2D eigenvalue weighted by atomic mass is 19.1. The molecule has 1 aromatic rings. The molecule has 0 aliphatic carbocycles. The fourth-order valence-corrected chi connectivity index (χ4v) is 1.60. The maximum absolute atomic E-state index is 12.6. The lowest BCUT2D eigenvalue weighted by atomic mass is 10.1. The molecule has 0 unspecified atom stereocenters. The van der Waals surface area contributed by atoms with Crippen LogP contribution in [0.4, 0.5) is 4.39 Å². The van der Waals surface area contributed by atoms with Gasteiger partial charge in [0, 0.05) is 0 Å². The largest absolute Gasteiger partial charge is 0.480 e. The Morgan fingerprint density at radius 1 is 1.18 bits per heavy atom. The molecule has 1 aromatic carbocycles. The van der Waals surface area contributed by atoms with Crippen molar-refractivity contribution in [2.45, 2.75) is 25.7 Å². The summed E-state index contributed by atoms with van der Waals surface area (Å²) in [4.78, 5) is 10.2. The van der Waals surface area contributed by atoms with Crippen LogP contribution >= 0.6 is 0 Å². The fraction of sp³-hybridized carbons (Fsp3) is 0.462. The van der Waals surface area contributed by atoms with Crippen molar-refractivity contribution in [3.05, 3.63) is 35.6 Å². The van der Waals surface area contributed by atoms with Crippen molar-refractivity contribution in [1.29, 1.82) is 0 Å². The van der Waals surface area contributed by atoms with Gasteiger partial charge in [0.05, 0.1) is 6.54 Å². The molecule has 94 valence electrons. The molecule has 0 spiro atoms. The summed E-state index contributed by atoms with van der Waals surface area (Å²) in [6.45, 7) is 0.758. The van der Waals surface area contributed by atoms with Crippen molar-refractivity contribution in [1.82, 2.24) is 5.32 Å². The molecule has 0 radical (unpaired) electrons. The van der Waals surface area contributed by atoms with Gasteiger partial charge in [-0.15, -0.1) is 0 Å². The molecule has 0 aromatic heterocycles. The van der Waals surface area contributed by atoms with Gasteiger partial charge in [-0.2, -0.15) is 0 Å². The smallest absolute Gasteiger partial charge is 0.317 e. The fourth-order valence-electron chi connectivity index (χ4n) is 1.60. The highest BCUT2D eigenvalue weighted by Gasteiger charge is 1.96. The molecule has 17 heavy (non-hydrogen) atoms. The second-order valence-electron chi connectivity index (χ2n) is 4.01. The molecule has 2 N–H and O–H groups in total. The number of rotatable bonds is 8. The highest BCUT2D eigenvalue weighted by molar-refractivity contribution is 5.68. The van der Waals surface area contributed by atoms with Gasteiger partial charge in [0.1, 0.15) is 5.82 Å². The van der Waals surface area contributed by atoms with Crippen LogP contribution in [0, 0.1) is 5.82 Å². The number of carboxylic acids is 1. The minimum atomic E-state index is -0.823. The molecule has 4 heteroatoms. The average Bonchev–Trinajstić information content (AvgIpc) is 2.30. The minimum Gasteiger partial charge on any atom is -0.480 e. The summed E-state index contributed by atoms with van der Waals surface area (Å²) in [5, 5.41) is 11.2. The zero-order valence-electron chi connectivity index (χ0n) is 9.79. The summed E-state index contributed by atoms with van der Waals surface area (Å²) in [5.74, 6) is -1.03. The molecule has 0 aliphatic heterocycles. The predicted molar refractivity (Wildman–Crippen MR) is 64.5 cm³/mol. The van der Waals surface area contributed by atoms with E-state index in [9.17, 15) is 9.18 Å². The molecule has 0 saturated heterocycles. The van der Waals surface area contributed by atoms with Crippen molar-refractivity contribution in [2.24, 2.45) is 0 Å². The Morgan fingerprint density at radius 3 is 2.53 bits per heavy atom. The maximum Gasteiger partial charge on any atom is 0.317 e. The molecular formula is C13H18FNO2. The van der Waals surface area contributed by atoms with E-state index in [0.717, 1.165) is 37.8 Å². The zero-order chi connectivity index (χ0) is 12.5. The molecule has 0 aliphatic rings. The number of aliphatic carboxylic acids is 1. The predicted octanol–water partition coefficient (Wildman–Crippen LogP) is 2.21. The Kier molecular flexibility index (Phi) is 6.25. The summed E-state index contributed by atoms with van der Waals surface area (Å²) in [5.41, 5.74) is 1.14. The van der Waals surface area contributed by atoms with Gasteiger partial charge < -0.3 is 10.4 Å². The van der Waals surface area contributed by atoms with Crippen LogP contribution in [0.15, 0.2) is 24.3 Å². The van der Waals surface area contributed by atoms with E-state index < -0.39 is 5.97 Å². The summed E-state index contributed by atoms with van der Waals surface area (Å²) in [6, 6.07) is 6.56. The SMILES string of the molecule is O=C(O)CNCCCCCc1ccc(F)cc1. The maximum atomic E-state index is 12.6. The number of hydrogen-bond donors (Lipinski definition) is 2. The molecule has 0 amide bonds. The van der Waals surface area contributed by atoms with Crippen molar-refractivity contribution >= 4 is 5.97 Å². The van der Waals surface area contributed by atoms with Crippen molar-refractivity contribution in [3.63, 3.8) is 0 Å². The number of hydrogen-bond acceptors (Lipinski definition) is 2. The number of unbranched alkanes of at least 4 members (excludes halogenated alkanes) is 2. The van der Waals surface area contributed by atoms with Crippen LogP contribution in [0.2, 0.25) is 0 Å². The lowest BCUT2D eigenvalue weighted by Gasteiger charge is -2.03. The standard InChI is InChI=1S/C13H18FNO2/c14-12-7-5-11(6-8-12)4-2-1-3-9-15-10-13(16)17/h5-8,15H,1-4,9-10H2,(H,16,17). The van der Waals surface area contributed by atoms with Crippen molar-refractivity contribution < 1.29 is 14.3 Å². The molecule has 1 rings (SSSR count). The van der Waals surface area contributed by atoms with Crippen molar-refractivity contribution in [3.8, 4) is 0 Å². The van der Waals surface area contributed by atoms with E-state index in [1.54, 1.807) is 12.1 Å². The third-order valence-electron chi connectivity index (χ3n) is 2.51. The van der Waals surface area contributed by atoms with E-state index >= 15 is 0 Å². The number of carboxylic acid groups (broad SMARTS) is 1. The van der Waals surface area contributed by atoms with Crippen LogP contribution in [0.25, 0.3) is 0 Å². The Morgan fingerprint density at radius 2 is 1.88 bits per heavy atom. The molecule has 0 heterocycles. The Labute approximate surface area is 101 Å². The third-order valence-corrected chi connectivity index (χ3v) is 2.51. The van der Waals surface area contributed by atoms with Gasteiger partial charge in [0.25, 0.3) is 0 Å². The Balaban J connectivity index is 2.01. The monoisotopic (exact) mass is 239 g/mol. The van der Waals surface area contributed by atoms with Gasteiger partial charge in [-0.05, 0) is 43.5 Å². The van der Waals surface area contributed by atoms with Crippen LogP contribution in [0.3, 0.4) is 0 Å². The molecule has 0 fully saturated rings. The topological polar surface area (TPSA) is 49.3 Å². The lowest BCUT2D eigenvalue weighted by molar-refractivity contribution is -0.135. The summed E-state index contributed by atoms with van der Waals surface area (Å²) in [7, 11) is 0.